The van der Waals surface area contributed by atoms with Crippen molar-refractivity contribution in [1.29, 1.82) is 0 Å². The number of aromatic nitrogens is 2. The Morgan fingerprint density at radius 3 is 2.52 bits per heavy atom. The van der Waals surface area contributed by atoms with Gasteiger partial charge in [-0.15, -0.1) is 5.10 Å². The van der Waals surface area contributed by atoms with Gasteiger partial charge in [0.15, 0.2) is 0 Å². The first-order chi connectivity index (χ1) is 11.2. The second kappa shape index (κ2) is 6.65. The summed E-state index contributed by atoms with van der Waals surface area (Å²) in [5.74, 6) is -0.539. The number of benzene rings is 2. The lowest BCUT2D eigenvalue weighted by molar-refractivity contribution is -0.112. The summed E-state index contributed by atoms with van der Waals surface area (Å²) < 4.78 is 18.2. The summed E-state index contributed by atoms with van der Waals surface area (Å²) in [7, 11) is 0. The predicted molar refractivity (Wildman–Crippen MR) is 83.8 cm³/mol. The minimum atomic E-state index is -0.386. The van der Waals surface area contributed by atoms with E-state index < -0.39 is 0 Å². The number of carbonyl (C=O) groups excluding carboxylic acids is 1. The molecule has 114 valence electrons. The van der Waals surface area contributed by atoms with Crippen LogP contribution in [0.3, 0.4) is 0 Å². The van der Waals surface area contributed by atoms with Gasteiger partial charge in [0, 0.05) is 11.6 Å². The molecule has 3 aromatic rings. The first kappa shape index (κ1) is 14.6. The largest absolute Gasteiger partial charge is 0.403 e. The van der Waals surface area contributed by atoms with E-state index in [2.05, 4.69) is 15.5 Å². The van der Waals surface area contributed by atoms with E-state index in [-0.39, 0.29) is 23.6 Å². The molecule has 0 saturated heterocycles. The Hall–Kier alpha value is -3.28. The molecule has 0 aliphatic rings. The van der Waals surface area contributed by atoms with E-state index in [0.29, 0.717) is 5.56 Å². The zero-order valence-corrected chi connectivity index (χ0v) is 11.9. The molecule has 1 aromatic heterocycles. The molecule has 0 unspecified atom stereocenters. The van der Waals surface area contributed by atoms with E-state index in [9.17, 15) is 9.18 Å². The Morgan fingerprint density at radius 1 is 1.04 bits per heavy atom. The highest BCUT2D eigenvalue weighted by Crippen LogP contribution is 2.19. The molecule has 1 N–H and O–H groups in total. The van der Waals surface area contributed by atoms with Crippen LogP contribution in [0, 0.1) is 5.82 Å². The maximum Gasteiger partial charge on any atom is 0.322 e. The van der Waals surface area contributed by atoms with Gasteiger partial charge in [0.1, 0.15) is 5.82 Å². The Balaban J connectivity index is 1.66. The maximum absolute atomic E-state index is 12.9. The second-order valence-corrected chi connectivity index (χ2v) is 4.65. The summed E-state index contributed by atoms with van der Waals surface area (Å²) in [4.78, 5) is 11.8. The van der Waals surface area contributed by atoms with Crippen molar-refractivity contribution in [3.05, 3.63) is 72.1 Å². The van der Waals surface area contributed by atoms with Crippen molar-refractivity contribution < 1.29 is 13.6 Å². The van der Waals surface area contributed by atoms with Gasteiger partial charge in [0.2, 0.25) is 5.89 Å². The summed E-state index contributed by atoms with van der Waals surface area (Å²) in [6, 6.07) is 15.0. The number of hydrogen-bond acceptors (Lipinski definition) is 4. The topological polar surface area (TPSA) is 68.0 Å². The first-order valence-corrected chi connectivity index (χ1v) is 6.84. The third kappa shape index (κ3) is 3.88. The van der Waals surface area contributed by atoms with Crippen LogP contribution in [-0.2, 0) is 4.79 Å². The summed E-state index contributed by atoms with van der Waals surface area (Å²) in [5.41, 5.74) is 1.47. The molecule has 23 heavy (non-hydrogen) atoms. The molecular weight excluding hydrogens is 297 g/mol. The number of nitrogens with one attached hydrogen (secondary N) is 1. The van der Waals surface area contributed by atoms with Crippen LogP contribution in [0.25, 0.3) is 17.5 Å². The van der Waals surface area contributed by atoms with E-state index in [1.165, 1.54) is 30.3 Å². The van der Waals surface area contributed by atoms with Crippen LogP contribution >= 0.6 is 0 Å². The van der Waals surface area contributed by atoms with Crippen LogP contribution in [0.1, 0.15) is 5.56 Å². The normalized spacial score (nSPS) is 10.8. The standard InChI is InChI=1S/C17H12FN3O2/c18-14-9-7-13(8-10-14)16-20-21-17(23-16)19-15(22)11-6-12-4-2-1-3-5-12/h1-11H,(H,19,21,22)/b11-6+. The zero-order chi connectivity index (χ0) is 16.1. The molecule has 0 atom stereocenters. The molecule has 1 heterocycles. The monoisotopic (exact) mass is 309 g/mol. The molecular formula is C17H12FN3O2. The van der Waals surface area contributed by atoms with Crippen LogP contribution in [0.2, 0.25) is 0 Å². The summed E-state index contributed by atoms with van der Waals surface area (Å²) >= 11 is 0. The van der Waals surface area contributed by atoms with E-state index >= 15 is 0 Å². The number of amides is 1. The lowest BCUT2D eigenvalue weighted by atomic mass is 10.2. The van der Waals surface area contributed by atoms with Crippen LogP contribution in [0.4, 0.5) is 10.4 Å². The minimum absolute atomic E-state index is 0.0213. The average molecular weight is 309 g/mol. The highest BCUT2D eigenvalue weighted by Gasteiger charge is 2.10. The van der Waals surface area contributed by atoms with Gasteiger partial charge < -0.3 is 4.42 Å². The molecule has 0 aliphatic heterocycles. The number of carbonyl (C=O) groups is 1. The lowest BCUT2D eigenvalue weighted by Gasteiger charge is -1.95. The van der Waals surface area contributed by atoms with Crippen molar-refractivity contribution in [2.24, 2.45) is 0 Å². The Kier molecular flexibility index (Phi) is 4.24. The van der Waals surface area contributed by atoms with E-state index in [1.54, 1.807) is 6.08 Å². The fraction of sp³-hybridized carbons (Fsp3) is 0. The number of rotatable bonds is 4. The quantitative estimate of drug-likeness (QED) is 0.749. The van der Waals surface area contributed by atoms with Crippen molar-refractivity contribution in [3.63, 3.8) is 0 Å². The van der Waals surface area contributed by atoms with Gasteiger partial charge in [-0.2, -0.15) is 0 Å². The van der Waals surface area contributed by atoms with Crippen LogP contribution in [-0.4, -0.2) is 16.1 Å². The highest BCUT2D eigenvalue weighted by atomic mass is 19.1. The minimum Gasteiger partial charge on any atom is -0.403 e. The highest BCUT2D eigenvalue weighted by molar-refractivity contribution is 6.00. The van der Waals surface area contributed by atoms with Gasteiger partial charge in [-0.05, 0) is 35.9 Å². The van der Waals surface area contributed by atoms with Gasteiger partial charge in [-0.3, -0.25) is 10.1 Å². The van der Waals surface area contributed by atoms with Crippen molar-refractivity contribution in [3.8, 4) is 11.5 Å². The zero-order valence-electron chi connectivity index (χ0n) is 11.9. The van der Waals surface area contributed by atoms with Crippen molar-refractivity contribution in [2.45, 2.75) is 0 Å². The molecule has 0 saturated carbocycles. The second-order valence-electron chi connectivity index (χ2n) is 4.65. The molecule has 0 aliphatic carbocycles. The molecule has 3 rings (SSSR count). The third-order valence-corrected chi connectivity index (χ3v) is 2.97. The van der Waals surface area contributed by atoms with E-state index in [1.807, 2.05) is 30.3 Å². The van der Waals surface area contributed by atoms with Gasteiger partial charge in [-0.1, -0.05) is 35.4 Å². The molecule has 0 bridgehead atoms. The number of nitrogens with zero attached hydrogens (tertiary/aromatic N) is 2. The van der Waals surface area contributed by atoms with Crippen molar-refractivity contribution >= 4 is 18.0 Å². The van der Waals surface area contributed by atoms with E-state index in [4.69, 9.17) is 4.42 Å². The first-order valence-electron chi connectivity index (χ1n) is 6.84. The van der Waals surface area contributed by atoms with Gasteiger partial charge >= 0.3 is 6.01 Å². The number of anilines is 1. The fourth-order valence-corrected chi connectivity index (χ4v) is 1.87. The molecule has 5 nitrogen and oxygen atoms in total. The Labute approximate surface area is 131 Å². The van der Waals surface area contributed by atoms with Gasteiger partial charge in [0.25, 0.3) is 5.91 Å². The molecule has 0 radical (unpaired) electrons. The molecule has 0 fully saturated rings. The van der Waals surface area contributed by atoms with Crippen molar-refractivity contribution in [2.75, 3.05) is 5.32 Å². The van der Waals surface area contributed by atoms with Gasteiger partial charge in [-0.25, -0.2) is 4.39 Å². The lowest BCUT2D eigenvalue weighted by Crippen LogP contribution is -2.07. The number of halogens is 1. The Morgan fingerprint density at radius 2 is 1.78 bits per heavy atom. The van der Waals surface area contributed by atoms with Crippen molar-refractivity contribution in [1.82, 2.24) is 10.2 Å². The molecule has 1 amide bonds. The predicted octanol–water partition coefficient (Wildman–Crippen LogP) is 3.53. The summed E-state index contributed by atoms with van der Waals surface area (Å²) in [6.07, 6.45) is 3.05. The average Bonchev–Trinajstić information content (AvgIpc) is 3.03. The van der Waals surface area contributed by atoms with Crippen LogP contribution < -0.4 is 5.32 Å². The summed E-state index contributed by atoms with van der Waals surface area (Å²) in [6.45, 7) is 0. The van der Waals surface area contributed by atoms with E-state index in [0.717, 1.165) is 5.56 Å². The van der Waals surface area contributed by atoms with Gasteiger partial charge in [0.05, 0.1) is 0 Å². The number of hydrogen-bond donors (Lipinski definition) is 1. The third-order valence-electron chi connectivity index (χ3n) is 2.97. The maximum atomic E-state index is 12.9. The molecule has 6 heteroatoms. The molecule has 2 aromatic carbocycles. The fourth-order valence-electron chi connectivity index (χ4n) is 1.87. The Bertz CT molecular complexity index is 827. The van der Waals surface area contributed by atoms with Crippen LogP contribution in [0.5, 0.6) is 0 Å². The SMILES string of the molecule is O=C(/C=C/c1ccccc1)Nc1nnc(-c2ccc(F)cc2)o1. The summed E-state index contributed by atoms with van der Waals surface area (Å²) in [5, 5.41) is 10.0. The smallest absolute Gasteiger partial charge is 0.322 e. The molecule has 0 spiro atoms. The van der Waals surface area contributed by atoms with Crippen LogP contribution in [0.15, 0.2) is 65.1 Å².